The number of nitrogens with zero attached hydrogens (tertiary/aromatic N) is 4. The van der Waals surface area contributed by atoms with E-state index in [0.29, 0.717) is 11.3 Å². The van der Waals surface area contributed by atoms with Gasteiger partial charge in [-0.25, -0.2) is 4.79 Å². The monoisotopic (exact) mass is 410 g/mol. The fraction of sp³-hybridized carbons (Fsp3) is 0.286. The van der Waals surface area contributed by atoms with Gasteiger partial charge in [0.15, 0.2) is 5.13 Å². The van der Waals surface area contributed by atoms with Gasteiger partial charge in [0.25, 0.3) is 11.8 Å². The molecule has 13 heteroatoms. The summed E-state index contributed by atoms with van der Waals surface area (Å²) in [6.45, 7) is 3.58. The molecular formula is C14H14N6O5S2. The molecule has 3 heterocycles. The van der Waals surface area contributed by atoms with Crippen molar-refractivity contribution in [3.8, 4) is 0 Å². The SMILES string of the molecule is C=CC1=C(C(=O)O)N2C(=O)C(NC(=O)C(=NOC)c3nsc(N)n3)[C@H]2SC1. The number of nitrogen functional groups attached to an aromatic ring is 1. The second kappa shape index (κ2) is 7.36. The van der Waals surface area contributed by atoms with Crippen LogP contribution in [-0.4, -0.2) is 67.1 Å². The van der Waals surface area contributed by atoms with Crippen molar-refractivity contribution >= 4 is 51.9 Å². The molecule has 1 aromatic heterocycles. The molecule has 0 aliphatic carbocycles. The Morgan fingerprint density at radius 2 is 2.30 bits per heavy atom. The molecule has 11 nitrogen and oxygen atoms in total. The molecule has 1 aromatic rings. The number of β-lactam (4-membered cyclic amide) rings is 1. The number of hydrogen-bond donors (Lipinski definition) is 3. The summed E-state index contributed by atoms with van der Waals surface area (Å²) in [5.41, 5.74) is 5.61. The van der Waals surface area contributed by atoms with Gasteiger partial charge in [-0.05, 0) is 5.57 Å². The molecule has 4 N–H and O–H groups in total. The highest BCUT2D eigenvalue weighted by Gasteiger charge is 2.54. The number of thioether (sulfide) groups is 1. The van der Waals surface area contributed by atoms with E-state index in [9.17, 15) is 19.5 Å². The number of allylic oxidation sites excluding steroid dienone is 1. The maximum atomic E-state index is 12.5. The van der Waals surface area contributed by atoms with Crippen molar-refractivity contribution in [1.29, 1.82) is 0 Å². The van der Waals surface area contributed by atoms with Gasteiger partial charge in [0.2, 0.25) is 11.5 Å². The first-order valence-corrected chi connectivity index (χ1v) is 9.26. The topological polar surface area (TPSA) is 160 Å². The van der Waals surface area contributed by atoms with Gasteiger partial charge >= 0.3 is 5.97 Å². The molecule has 0 saturated carbocycles. The molecule has 0 aromatic carbocycles. The maximum Gasteiger partial charge on any atom is 0.352 e. The van der Waals surface area contributed by atoms with Crippen LogP contribution in [0.15, 0.2) is 29.1 Å². The Hall–Kier alpha value is -2.93. The van der Waals surface area contributed by atoms with Gasteiger partial charge in [-0.15, -0.1) is 11.8 Å². The van der Waals surface area contributed by atoms with Gasteiger partial charge in [0.1, 0.15) is 24.2 Å². The zero-order chi connectivity index (χ0) is 19.7. The number of aromatic nitrogens is 2. The van der Waals surface area contributed by atoms with Crippen LogP contribution in [0.5, 0.6) is 0 Å². The van der Waals surface area contributed by atoms with E-state index >= 15 is 0 Å². The van der Waals surface area contributed by atoms with Crippen LogP contribution in [0, 0.1) is 0 Å². The number of hydrogen-bond acceptors (Lipinski definition) is 10. The second-order valence-corrected chi connectivity index (χ2v) is 7.21. The van der Waals surface area contributed by atoms with Crippen molar-refractivity contribution in [2.24, 2.45) is 5.16 Å². The molecule has 2 amide bonds. The molecule has 0 radical (unpaired) electrons. The zero-order valence-corrected chi connectivity index (χ0v) is 15.5. The van der Waals surface area contributed by atoms with Crippen LogP contribution in [-0.2, 0) is 19.2 Å². The number of nitrogens with one attached hydrogen (secondary N) is 1. The zero-order valence-electron chi connectivity index (χ0n) is 13.9. The van der Waals surface area contributed by atoms with E-state index in [1.165, 1.54) is 24.9 Å². The number of carboxylic acid groups (broad SMARTS) is 1. The number of amides is 2. The summed E-state index contributed by atoms with van der Waals surface area (Å²) < 4.78 is 3.90. The quantitative estimate of drug-likeness (QED) is 0.316. The minimum Gasteiger partial charge on any atom is -0.477 e. The van der Waals surface area contributed by atoms with E-state index < -0.39 is 29.2 Å². The van der Waals surface area contributed by atoms with Gasteiger partial charge in [-0.1, -0.05) is 17.8 Å². The number of aliphatic carboxylic acids is 1. The van der Waals surface area contributed by atoms with Crippen molar-refractivity contribution in [2.75, 3.05) is 18.6 Å². The van der Waals surface area contributed by atoms with E-state index in [-0.39, 0.29) is 22.4 Å². The molecule has 0 bridgehead atoms. The normalized spacial score (nSPS) is 22.0. The predicted octanol–water partition coefficient (Wildman–Crippen LogP) is -0.605. The first-order valence-electron chi connectivity index (χ1n) is 7.44. The lowest BCUT2D eigenvalue weighted by Crippen LogP contribution is -2.71. The lowest BCUT2D eigenvalue weighted by atomic mass is 10.0. The van der Waals surface area contributed by atoms with Gasteiger partial charge in [0, 0.05) is 17.3 Å². The van der Waals surface area contributed by atoms with E-state index in [0.717, 1.165) is 16.4 Å². The molecule has 0 spiro atoms. The van der Waals surface area contributed by atoms with Crippen LogP contribution in [0.4, 0.5) is 5.13 Å². The highest BCUT2D eigenvalue weighted by molar-refractivity contribution is 8.00. The lowest BCUT2D eigenvalue weighted by Gasteiger charge is -2.49. The summed E-state index contributed by atoms with van der Waals surface area (Å²) in [4.78, 5) is 46.2. The molecule has 27 heavy (non-hydrogen) atoms. The first kappa shape index (κ1) is 18.8. The smallest absolute Gasteiger partial charge is 0.352 e. The molecule has 1 unspecified atom stereocenters. The fourth-order valence-electron chi connectivity index (χ4n) is 2.62. The van der Waals surface area contributed by atoms with E-state index in [1.807, 2.05) is 0 Å². The standard InChI is InChI=1S/C14H14N6O5S2/c1-3-5-4-26-12-7(11(22)20(12)8(5)13(23)24)16-10(21)6(18-25-2)9-17-14(15)27-19-9/h3,7,12H,1,4H2,2H3,(H,16,21)(H,23,24)(H2,15,17,19)/t7?,12-/m1/s1. The van der Waals surface area contributed by atoms with Crippen molar-refractivity contribution < 1.29 is 24.3 Å². The van der Waals surface area contributed by atoms with Crippen LogP contribution in [0.25, 0.3) is 0 Å². The van der Waals surface area contributed by atoms with Gasteiger partial charge in [-0.2, -0.15) is 9.36 Å². The molecule has 2 aliphatic heterocycles. The minimum atomic E-state index is -1.22. The highest BCUT2D eigenvalue weighted by Crippen LogP contribution is 2.40. The summed E-state index contributed by atoms with van der Waals surface area (Å²) >= 11 is 2.20. The summed E-state index contributed by atoms with van der Waals surface area (Å²) in [6.07, 6.45) is 1.41. The summed E-state index contributed by atoms with van der Waals surface area (Å²) in [7, 11) is 1.25. The van der Waals surface area contributed by atoms with Gasteiger partial charge in [0.05, 0.1) is 0 Å². The van der Waals surface area contributed by atoms with E-state index in [4.69, 9.17) is 5.73 Å². The second-order valence-electron chi connectivity index (χ2n) is 5.32. The number of fused-ring (bicyclic) bond motifs is 1. The minimum absolute atomic E-state index is 0.0307. The third-order valence-corrected chi connectivity index (χ3v) is 5.63. The average molecular weight is 410 g/mol. The third kappa shape index (κ3) is 3.26. The van der Waals surface area contributed by atoms with E-state index in [1.54, 1.807) is 0 Å². The lowest BCUT2D eigenvalue weighted by molar-refractivity contribution is -0.150. The molecule has 3 rings (SSSR count). The van der Waals surface area contributed by atoms with Gasteiger partial charge < -0.3 is 21.0 Å². The molecule has 2 atom stereocenters. The number of carbonyl (C=O) groups excluding carboxylic acids is 2. The fourth-order valence-corrected chi connectivity index (χ4v) is 4.39. The van der Waals surface area contributed by atoms with Crippen molar-refractivity contribution in [3.05, 3.63) is 29.7 Å². The maximum absolute atomic E-state index is 12.5. The number of oxime groups is 1. The molecule has 1 fully saturated rings. The molecule has 1 saturated heterocycles. The Morgan fingerprint density at radius 1 is 1.56 bits per heavy atom. The van der Waals surface area contributed by atoms with Crippen LogP contribution in [0.1, 0.15) is 5.82 Å². The number of nitrogens with two attached hydrogens (primary N) is 1. The van der Waals surface area contributed by atoms with Gasteiger partial charge in [-0.3, -0.25) is 14.5 Å². The van der Waals surface area contributed by atoms with Crippen molar-refractivity contribution in [3.63, 3.8) is 0 Å². The Kier molecular flexibility index (Phi) is 5.14. The average Bonchev–Trinajstić information content (AvgIpc) is 3.08. The molecule has 2 aliphatic rings. The van der Waals surface area contributed by atoms with Crippen LogP contribution >= 0.6 is 23.3 Å². The number of rotatable bonds is 6. The van der Waals surface area contributed by atoms with Crippen LogP contribution in [0.3, 0.4) is 0 Å². The molecular weight excluding hydrogens is 396 g/mol. The Labute approximate surface area is 161 Å². The van der Waals surface area contributed by atoms with Crippen LogP contribution < -0.4 is 11.1 Å². The number of anilines is 1. The largest absolute Gasteiger partial charge is 0.477 e. The first-order chi connectivity index (χ1) is 12.9. The number of carbonyl (C=O) groups is 3. The molecule has 142 valence electrons. The van der Waals surface area contributed by atoms with Crippen molar-refractivity contribution in [1.82, 2.24) is 19.6 Å². The summed E-state index contributed by atoms with van der Waals surface area (Å²) in [5, 5.41) is 15.1. The summed E-state index contributed by atoms with van der Waals surface area (Å²) in [5.74, 6) is -2.17. The third-order valence-electron chi connectivity index (χ3n) is 3.78. The van der Waals surface area contributed by atoms with E-state index in [2.05, 4.69) is 31.2 Å². The number of carboxylic acids is 1. The Morgan fingerprint density at radius 3 is 2.85 bits per heavy atom. The Balaban J connectivity index is 1.80. The summed E-state index contributed by atoms with van der Waals surface area (Å²) in [6, 6.07) is -0.916. The predicted molar refractivity (Wildman–Crippen MR) is 97.7 cm³/mol. The van der Waals surface area contributed by atoms with Crippen molar-refractivity contribution in [2.45, 2.75) is 11.4 Å². The highest BCUT2D eigenvalue weighted by atomic mass is 32.2. The Bertz CT molecular complexity index is 894. The van der Waals surface area contributed by atoms with Crippen LogP contribution in [0.2, 0.25) is 0 Å².